The second kappa shape index (κ2) is 4.43. The van der Waals surface area contributed by atoms with Crippen LogP contribution in [0, 0.1) is 11.3 Å². The van der Waals surface area contributed by atoms with Crippen molar-refractivity contribution in [2.45, 2.75) is 19.8 Å². The summed E-state index contributed by atoms with van der Waals surface area (Å²) in [6.45, 7) is -1.26. The van der Waals surface area contributed by atoms with Crippen LogP contribution in [0.15, 0.2) is 0 Å². The summed E-state index contributed by atoms with van der Waals surface area (Å²) < 4.78 is 52.4. The Balaban J connectivity index is 3.00. The molecule has 0 aromatic rings. The number of carbonyl (C=O) groups excluding carboxylic acids is 1. The Labute approximate surface area is 92.6 Å². The molecular formula is C10H17F2NO2. The van der Waals surface area contributed by atoms with Crippen LogP contribution in [0.3, 0.4) is 0 Å². The molecule has 0 amide bonds. The third kappa shape index (κ3) is 2.27. The number of carbonyl (C=O) groups is 1. The van der Waals surface area contributed by atoms with Gasteiger partial charge in [-0.15, -0.1) is 0 Å². The van der Waals surface area contributed by atoms with Crippen LogP contribution in [0.1, 0.15) is 17.5 Å². The van der Waals surface area contributed by atoms with E-state index in [1.807, 2.05) is 0 Å². The first-order valence-corrected chi connectivity index (χ1v) is 4.74. The van der Waals surface area contributed by atoms with Crippen LogP contribution in [-0.4, -0.2) is 44.5 Å². The number of esters is 1. The number of halogens is 2. The van der Waals surface area contributed by atoms with Crippen molar-refractivity contribution < 1.29 is 22.4 Å². The summed E-state index contributed by atoms with van der Waals surface area (Å²) in [5.41, 5.74) is -1.49. The summed E-state index contributed by atoms with van der Waals surface area (Å²) in [6, 6.07) is 0. The lowest BCUT2D eigenvalue weighted by atomic mass is 9.72. The molecule has 0 aromatic carbocycles. The standard InChI is InChI=1S/C10H17F2NO2/c1-10(9(14)15-3)6-13(2)5-4-7(10)8(11)12/h7-8H,4-6H2,1-3H3/t7-,10-/m1/s1/i2D3. The van der Waals surface area contributed by atoms with E-state index in [9.17, 15) is 13.6 Å². The van der Waals surface area contributed by atoms with Gasteiger partial charge in [0.15, 0.2) is 0 Å². The molecule has 2 atom stereocenters. The van der Waals surface area contributed by atoms with Gasteiger partial charge in [0.25, 0.3) is 0 Å². The molecule has 0 radical (unpaired) electrons. The Hall–Kier alpha value is -0.710. The largest absolute Gasteiger partial charge is 0.469 e. The fourth-order valence-electron chi connectivity index (χ4n) is 2.06. The molecule has 15 heavy (non-hydrogen) atoms. The highest BCUT2D eigenvalue weighted by Crippen LogP contribution is 2.39. The van der Waals surface area contributed by atoms with Crippen LogP contribution in [0.4, 0.5) is 8.78 Å². The molecule has 0 aliphatic carbocycles. The third-order valence-electron chi connectivity index (χ3n) is 3.00. The molecule has 1 aliphatic heterocycles. The summed E-state index contributed by atoms with van der Waals surface area (Å²) in [5, 5.41) is 0. The van der Waals surface area contributed by atoms with Gasteiger partial charge in [0.1, 0.15) is 0 Å². The molecule has 1 aliphatic rings. The molecular weight excluding hydrogens is 204 g/mol. The van der Waals surface area contributed by atoms with Crippen molar-refractivity contribution in [1.82, 2.24) is 4.90 Å². The molecule has 1 fully saturated rings. The number of hydrogen-bond acceptors (Lipinski definition) is 3. The van der Waals surface area contributed by atoms with Crippen molar-refractivity contribution in [3.05, 3.63) is 0 Å². The van der Waals surface area contributed by atoms with Gasteiger partial charge in [-0.25, -0.2) is 8.78 Å². The van der Waals surface area contributed by atoms with E-state index in [1.54, 1.807) is 0 Å². The van der Waals surface area contributed by atoms with Crippen LogP contribution in [0.2, 0.25) is 0 Å². The second-order valence-corrected chi connectivity index (χ2v) is 4.06. The highest BCUT2D eigenvalue weighted by molar-refractivity contribution is 5.77. The molecule has 5 heteroatoms. The molecule has 88 valence electrons. The first kappa shape index (κ1) is 8.44. The number of hydrogen-bond donors (Lipinski definition) is 0. The van der Waals surface area contributed by atoms with Gasteiger partial charge < -0.3 is 9.64 Å². The normalized spacial score (nSPS) is 36.9. The highest BCUT2D eigenvalue weighted by atomic mass is 19.3. The van der Waals surface area contributed by atoms with Gasteiger partial charge >= 0.3 is 5.97 Å². The number of ether oxygens (including phenoxy) is 1. The fraction of sp³-hybridized carbons (Fsp3) is 0.900. The lowest BCUT2D eigenvalue weighted by Crippen LogP contribution is -2.52. The fourth-order valence-corrected chi connectivity index (χ4v) is 2.06. The van der Waals surface area contributed by atoms with Gasteiger partial charge in [-0.3, -0.25) is 4.79 Å². The zero-order valence-corrected chi connectivity index (χ0v) is 8.80. The van der Waals surface area contributed by atoms with Crippen LogP contribution in [-0.2, 0) is 9.53 Å². The Morgan fingerprint density at radius 3 is 2.87 bits per heavy atom. The first-order chi connectivity index (χ1) is 8.13. The number of nitrogens with zero attached hydrogens (tertiary/aromatic N) is 1. The molecule has 1 heterocycles. The average molecular weight is 224 g/mol. The maximum atomic E-state index is 13.0. The number of piperidine rings is 1. The summed E-state index contributed by atoms with van der Waals surface area (Å²) >= 11 is 0. The van der Waals surface area contributed by atoms with Crippen molar-refractivity contribution in [3.63, 3.8) is 0 Å². The van der Waals surface area contributed by atoms with Crippen molar-refractivity contribution in [2.24, 2.45) is 11.3 Å². The van der Waals surface area contributed by atoms with Crippen LogP contribution in [0.5, 0.6) is 0 Å². The highest BCUT2D eigenvalue weighted by Gasteiger charge is 2.49. The predicted octanol–water partition coefficient (Wildman–Crippen LogP) is 1.38. The summed E-state index contributed by atoms with van der Waals surface area (Å²) in [4.78, 5) is 12.8. The average Bonchev–Trinajstić information content (AvgIpc) is 2.25. The van der Waals surface area contributed by atoms with Crippen molar-refractivity contribution in [2.75, 3.05) is 27.2 Å². The van der Waals surface area contributed by atoms with E-state index >= 15 is 0 Å². The van der Waals surface area contributed by atoms with E-state index in [0.29, 0.717) is 0 Å². The molecule has 1 rings (SSSR count). The van der Waals surface area contributed by atoms with Gasteiger partial charge in [-0.2, -0.15) is 0 Å². The Morgan fingerprint density at radius 2 is 2.40 bits per heavy atom. The van der Waals surface area contributed by atoms with Crippen molar-refractivity contribution >= 4 is 5.97 Å². The quantitative estimate of drug-likeness (QED) is 0.664. The lowest BCUT2D eigenvalue weighted by molar-refractivity contribution is -0.165. The van der Waals surface area contributed by atoms with E-state index in [0.717, 1.165) is 12.0 Å². The van der Waals surface area contributed by atoms with E-state index in [2.05, 4.69) is 4.74 Å². The van der Waals surface area contributed by atoms with Crippen LogP contribution in [0.25, 0.3) is 0 Å². The third-order valence-corrected chi connectivity index (χ3v) is 3.00. The summed E-state index contributed by atoms with van der Waals surface area (Å²) in [7, 11) is 1.12. The molecule has 0 saturated carbocycles. The Morgan fingerprint density at radius 1 is 1.73 bits per heavy atom. The topological polar surface area (TPSA) is 29.5 Å². The maximum absolute atomic E-state index is 13.0. The summed E-state index contributed by atoms with van der Waals surface area (Å²) in [6.07, 6.45) is -2.71. The van der Waals surface area contributed by atoms with Gasteiger partial charge in [0.05, 0.1) is 12.5 Å². The van der Waals surface area contributed by atoms with Gasteiger partial charge in [-0.05, 0) is 26.9 Å². The number of likely N-dealkylation sites (tertiary alicyclic amines) is 1. The van der Waals surface area contributed by atoms with E-state index < -0.39 is 30.7 Å². The lowest BCUT2D eigenvalue weighted by Gasteiger charge is -2.42. The minimum Gasteiger partial charge on any atom is -0.469 e. The molecule has 0 N–H and O–H groups in total. The van der Waals surface area contributed by atoms with Crippen LogP contribution < -0.4 is 0 Å². The zero-order valence-electron chi connectivity index (χ0n) is 11.8. The number of methoxy groups -OCH3 is 1. The molecule has 0 aromatic heterocycles. The van der Waals surface area contributed by atoms with Gasteiger partial charge in [-0.1, -0.05) is 0 Å². The smallest absolute Gasteiger partial charge is 0.313 e. The van der Waals surface area contributed by atoms with E-state index in [-0.39, 0.29) is 19.5 Å². The number of alkyl halides is 2. The SMILES string of the molecule is [2H]C([2H])([2H])N1CC[C@H](C(F)F)[C@](C)(C(=O)OC)C1. The second-order valence-electron chi connectivity index (χ2n) is 4.06. The van der Waals surface area contributed by atoms with Gasteiger partial charge in [0.2, 0.25) is 6.43 Å². The van der Waals surface area contributed by atoms with Crippen molar-refractivity contribution in [3.8, 4) is 0 Å². The van der Waals surface area contributed by atoms with Crippen LogP contribution >= 0.6 is 0 Å². The molecule has 0 spiro atoms. The Kier molecular flexibility index (Phi) is 2.49. The number of rotatable bonds is 2. The van der Waals surface area contributed by atoms with Gasteiger partial charge in [0, 0.05) is 16.6 Å². The monoisotopic (exact) mass is 224 g/mol. The van der Waals surface area contributed by atoms with E-state index in [1.165, 1.54) is 6.92 Å². The Bertz CT molecular complexity index is 325. The van der Waals surface area contributed by atoms with E-state index in [4.69, 9.17) is 4.11 Å². The zero-order chi connectivity index (χ0) is 14.1. The summed E-state index contributed by atoms with van der Waals surface area (Å²) in [5.74, 6) is -1.97. The van der Waals surface area contributed by atoms with Crippen molar-refractivity contribution in [1.29, 1.82) is 0 Å². The molecule has 0 bridgehead atoms. The predicted molar refractivity (Wildman–Crippen MR) is 51.7 cm³/mol. The maximum Gasteiger partial charge on any atom is 0.313 e. The molecule has 1 saturated heterocycles. The minimum absolute atomic E-state index is 0.0259. The molecule has 3 nitrogen and oxygen atoms in total. The molecule has 0 unspecified atom stereocenters. The first-order valence-electron chi connectivity index (χ1n) is 6.24. The minimum atomic E-state index is -2.67.